The molecular formula is C18H38O2. The maximum Gasteiger partial charge on any atom is 0.167 e. The highest BCUT2D eigenvalue weighted by atomic mass is 16.7. The van der Waals surface area contributed by atoms with Crippen LogP contribution in [0.25, 0.3) is 0 Å². The summed E-state index contributed by atoms with van der Waals surface area (Å²) in [6.45, 7) is 4.52. The first-order chi connectivity index (χ1) is 9.74. The van der Waals surface area contributed by atoms with Gasteiger partial charge in [-0.15, -0.1) is 0 Å². The maximum atomic E-state index is 5.69. The molecule has 122 valence electrons. The van der Waals surface area contributed by atoms with Crippen LogP contribution in [-0.2, 0) is 9.47 Å². The molecule has 0 aromatic heterocycles. The minimum absolute atomic E-state index is 0.322. The molecule has 0 aliphatic rings. The number of methoxy groups -OCH3 is 2. The lowest BCUT2D eigenvalue weighted by atomic mass is 9.99. The molecule has 0 heterocycles. The molecule has 0 unspecified atom stereocenters. The highest BCUT2D eigenvalue weighted by molar-refractivity contribution is 4.69. The van der Waals surface area contributed by atoms with Crippen LogP contribution in [0.1, 0.15) is 97.3 Å². The number of unbranched alkanes of at least 4 members (excludes halogenated alkanes) is 9. The molecule has 0 aliphatic carbocycles. The predicted octanol–water partition coefficient (Wildman–Crippen LogP) is 6.09. The normalized spacial score (nSPS) is 12.0. The van der Waals surface area contributed by atoms with Gasteiger partial charge in [0.15, 0.2) is 5.79 Å². The Morgan fingerprint density at radius 2 is 0.900 bits per heavy atom. The van der Waals surface area contributed by atoms with Crippen LogP contribution in [0.2, 0.25) is 0 Å². The van der Waals surface area contributed by atoms with E-state index in [9.17, 15) is 0 Å². The molecule has 0 spiro atoms. The second kappa shape index (κ2) is 13.9. The van der Waals surface area contributed by atoms with E-state index < -0.39 is 0 Å². The van der Waals surface area contributed by atoms with E-state index in [-0.39, 0.29) is 5.79 Å². The van der Waals surface area contributed by atoms with Crippen molar-refractivity contribution in [2.45, 2.75) is 103 Å². The third-order valence-corrected chi connectivity index (χ3v) is 4.32. The van der Waals surface area contributed by atoms with E-state index in [4.69, 9.17) is 9.47 Å². The average Bonchev–Trinajstić information content (AvgIpc) is 2.49. The Hall–Kier alpha value is -0.0800. The van der Waals surface area contributed by atoms with Gasteiger partial charge in [0.2, 0.25) is 0 Å². The molecule has 2 heteroatoms. The summed E-state index contributed by atoms with van der Waals surface area (Å²) in [5.74, 6) is -0.322. The number of ether oxygens (including phenoxy) is 2. The zero-order chi connectivity index (χ0) is 15.1. The smallest absolute Gasteiger partial charge is 0.167 e. The maximum absolute atomic E-state index is 5.69. The van der Waals surface area contributed by atoms with Crippen molar-refractivity contribution in [3.05, 3.63) is 0 Å². The second-order valence-corrected chi connectivity index (χ2v) is 6.00. The minimum Gasteiger partial charge on any atom is -0.353 e. The fraction of sp³-hybridized carbons (Fsp3) is 1.00. The molecule has 0 radical (unpaired) electrons. The molecule has 0 saturated heterocycles. The van der Waals surface area contributed by atoms with Gasteiger partial charge in [0, 0.05) is 27.1 Å². The van der Waals surface area contributed by atoms with Crippen LogP contribution in [0.15, 0.2) is 0 Å². The van der Waals surface area contributed by atoms with Gasteiger partial charge in [-0.25, -0.2) is 0 Å². The van der Waals surface area contributed by atoms with Crippen LogP contribution in [0.5, 0.6) is 0 Å². The van der Waals surface area contributed by atoms with Gasteiger partial charge in [-0.1, -0.05) is 71.6 Å². The zero-order valence-electron chi connectivity index (χ0n) is 14.5. The number of rotatable bonds is 15. The minimum atomic E-state index is -0.322. The molecule has 0 aromatic rings. The van der Waals surface area contributed by atoms with Crippen LogP contribution in [-0.4, -0.2) is 20.0 Å². The van der Waals surface area contributed by atoms with Crippen molar-refractivity contribution >= 4 is 0 Å². The van der Waals surface area contributed by atoms with Gasteiger partial charge in [-0.05, 0) is 12.8 Å². The van der Waals surface area contributed by atoms with Gasteiger partial charge >= 0.3 is 0 Å². The van der Waals surface area contributed by atoms with Gasteiger partial charge in [0.25, 0.3) is 0 Å². The molecule has 2 nitrogen and oxygen atoms in total. The summed E-state index contributed by atoms with van der Waals surface area (Å²) in [7, 11) is 3.59. The van der Waals surface area contributed by atoms with Crippen LogP contribution >= 0.6 is 0 Å². The summed E-state index contributed by atoms with van der Waals surface area (Å²) >= 11 is 0. The Kier molecular flexibility index (Phi) is 13.8. The molecule has 0 saturated carbocycles. The third kappa shape index (κ3) is 9.77. The molecule has 0 N–H and O–H groups in total. The molecule has 0 aliphatic heterocycles. The monoisotopic (exact) mass is 286 g/mol. The summed E-state index contributed by atoms with van der Waals surface area (Å²) in [5, 5.41) is 0. The molecule has 0 bridgehead atoms. The van der Waals surface area contributed by atoms with E-state index >= 15 is 0 Å². The molecule has 0 fully saturated rings. The standard InChI is InChI=1S/C18H38O2/c1-5-7-9-11-12-13-15-17-18(19-3,20-4)16-14-10-8-6-2/h5-17H2,1-4H3. The SMILES string of the molecule is CCCCCCCCCC(CCCCCC)(OC)OC. The Bertz CT molecular complexity index is 188. The average molecular weight is 286 g/mol. The van der Waals surface area contributed by atoms with E-state index in [1.54, 1.807) is 14.2 Å². The summed E-state index contributed by atoms with van der Waals surface area (Å²) in [6.07, 6.45) is 16.6. The highest BCUT2D eigenvalue weighted by Gasteiger charge is 2.27. The van der Waals surface area contributed by atoms with Crippen LogP contribution in [0, 0.1) is 0 Å². The van der Waals surface area contributed by atoms with Crippen molar-refractivity contribution in [3.8, 4) is 0 Å². The summed E-state index contributed by atoms with van der Waals surface area (Å²) in [5.41, 5.74) is 0. The molecule has 0 aromatic carbocycles. The summed E-state index contributed by atoms with van der Waals surface area (Å²) < 4.78 is 11.4. The molecule has 0 amide bonds. The Morgan fingerprint density at radius 1 is 0.550 bits per heavy atom. The lowest BCUT2D eigenvalue weighted by Gasteiger charge is -2.31. The van der Waals surface area contributed by atoms with Gasteiger partial charge in [-0.2, -0.15) is 0 Å². The Balaban J connectivity index is 3.76. The van der Waals surface area contributed by atoms with Crippen molar-refractivity contribution in [1.82, 2.24) is 0 Å². The van der Waals surface area contributed by atoms with Gasteiger partial charge in [0.05, 0.1) is 0 Å². The van der Waals surface area contributed by atoms with Crippen molar-refractivity contribution in [3.63, 3.8) is 0 Å². The number of hydrogen-bond acceptors (Lipinski definition) is 2. The van der Waals surface area contributed by atoms with E-state index in [0.29, 0.717) is 0 Å². The molecule has 0 rings (SSSR count). The topological polar surface area (TPSA) is 18.5 Å². The van der Waals surface area contributed by atoms with Crippen molar-refractivity contribution in [2.24, 2.45) is 0 Å². The lowest BCUT2D eigenvalue weighted by Crippen LogP contribution is -2.33. The van der Waals surface area contributed by atoms with Crippen LogP contribution < -0.4 is 0 Å². The first-order valence-electron chi connectivity index (χ1n) is 8.85. The second-order valence-electron chi connectivity index (χ2n) is 6.00. The van der Waals surface area contributed by atoms with Crippen LogP contribution in [0.4, 0.5) is 0 Å². The Morgan fingerprint density at radius 3 is 1.30 bits per heavy atom. The molecule has 20 heavy (non-hydrogen) atoms. The summed E-state index contributed by atoms with van der Waals surface area (Å²) in [6, 6.07) is 0. The third-order valence-electron chi connectivity index (χ3n) is 4.32. The van der Waals surface area contributed by atoms with Crippen LogP contribution in [0.3, 0.4) is 0 Å². The summed E-state index contributed by atoms with van der Waals surface area (Å²) in [4.78, 5) is 0. The lowest BCUT2D eigenvalue weighted by molar-refractivity contribution is -0.216. The van der Waals surface area contributed by atoms with E-state index in [1.807, 2.05) is 0 Å². The van der Waals surface area contributed by atoms with E-state index in [2.05, 4.69) is 13.8 Å². The largest absolute Gasteiger partial charge is 0.353 e. The Labute approximate surface area is 127 Å². The molecule has 0 atom stereocenters. The quantitative estimate of drug-likeness (QED) is 0.268. The highest BCUT2D eigenvalue weighted by Crippen LogP contribution is 2.27. The van der Waals surface area contributed by atoms with Gasteiger partial charge in [0.1, 0.15) is 0 Å². The molecular weight excluding hydrogens is 248 g/mol. The fourth-order valence-electron chi connectivity index (χ4n) is 2.79. The van der Waals surface area contributed by atoms with Gasteiger partial charge in [-0.3, -0.25) is 0 Å². The van der Waals surface area contributed by atoms with Gasteiger partial charge < -0.3 is 9.47 Å². The van der Waals surface area contributed by atoms with E-state index in [0.717, 1.165) is 12.8 Å². The fourth-order valence-corrected chi connectivity index (χ4v) is 2.79. The first-order valence-corrected chi connectivity index (χ1v) is 8.85. The predicted molar refractivity (Wildman–Crippen MR) is 88.1 cm³/mol. The number of hydrogen-bond donors (Lipinski definition) is 0. The van der Waals surface area contributed by atoms with Crippen molar-refractivity contribution < 1.29 is 9.47 Å². The van der Waals surface area contributed by atoms with Crippen molar-refractivity contribution in [2.75, 3.05) is 14.2 Å². The zero-order valence-corrected chi connectivity index (χ0v) is 14.5. The first kappa shape index (κ1) is 19.9. The van der Waals surface area contributed by atoms with E-state index in [1.165, 1.54) is 70.6 Å². The van der Waals surface area contributed by atoms with Crippen molar-refractivity contribution in [1.29, 1.82) is 0 Å².